The minimum atomic E-state index is -1.95. The molecule has 0 spiro atoms. The van der Waals surface area contributed by atoms with Crippen LogP contribution in [0.3, 0.4) is 0 Å². The Morgan fingerprint density at radius 1 is 0.444 bits per heavy atom. The van der Waals surface area contributed by atoms with Gasteiger partial charge >= 0.3 is 11.9 Å². The Bertz CT molecular complexity index is 1940. The molecular weight excluding hydrogens is 837 g/mol. The lowest BCUT2D eigenvalue weighted by Crippen LogP contribution is -2.45. The van der Waals surface area contributed by atoms with Crippen LogP contribution in [0.2, 0.25) is 0 Å². The van der Waals surface area contributed by atoms with Gasteiger partial charge in [0.15, 0.2) is 0 Å². The van der Waals surface area contributed by atoms with Crippen LogP contribution in [0.1, 0.15) is 58.3 Å². The number of carbonyl (C=O) groups is 3. The van der Waals surface area contributed by atoms with Gasteiger partial charge in [-0.3, -0.25) is 14.4 Å². The number of nitrogens with one attached hydrogen (secondary N) is 1. The van der Waals surface area contributed by atoms with Crippen molar-refractivity contribution in [2.45, 2.75) is 58.3 Å². The van der Waals surface area contributed by atoms with E-state index in [9.17, 15) is 14.4 Å². The molecule has 326 valence electrons. The molecule has 0 saturated heterocycles. The Balaban J connectivity index is 0.993. The fraction of sp³-hybridized carbons (Fsp3) is 0.278. The lowest BCUT2D eigenvalue weighted by atomic mass is 9.91. The highest BCUT2D eigenvalue weighted by Gasteiger charge is 2.46. The van der Waals surface area contributed by atoms with Crippen molar-refractivity contribution in [1.82, 2.24) is 5.32 Å². The van der Waals surface area contributed by atoms with Crippen molar-refractivity contribution in [3.8, 4) is 0 Å². The van der Waals surface area contributed by atoms with E-state index in [1.165, 1.54) is 31.8 Å². The van der Waals surface area contributed by atoms with E-state index in [1.54, 1.807) is 6.92 Å². The van der Waals surface area contributed by atoms with Gasteiger partial charge in [-0.2, -0.15) is 12.6 Å². The summed E-state index contributed by atoms with van der Waals surface area (Å²) < 4.78 is 11.4. The van der Waals surface area contributed by atoms with E-state index in [4.69, 9.17) is 9.47 Å². The third-order valence-electron chi connectivity index (χ3n) is 11.8. The van der Waals surface area contributed by atoms with Crippen LogP contribution >= 0.6 is 27.2 Å². The lowest BCUT2D eigenvalue weighted by molar-refractivity contribution is -0.157. The number of ether oxygens (including phenoxy) is 2. The minimum Gasteiger partial charge on any atom is -0.464 e. The number of benzene rings is 6. The van der Waals surface area contributed by atoms with Gasteiger partial charge in [-0.25, -0.2) is 0 Å². The fourth-order valence-electron chi connectivity index (χ4n) is 8.44. The maximum absolute atomic E-state index is 13.2. The van der Waals surface area contributed by atoms with Crippen molar-refractivity contribution in [1.29, 1.82) is 0 Å². The monoisotopic (exact) mass is 897 g/mol. The molecule has 6 rings (SSSR count). The molecule has 0 bridgehead atoms. The summed E-state index contributed by atoms with van der Waals surface area (Å²) in [7, 11) is -3.89. The number of unbranched alkanes of at least 4 members (excludes halogenated alkanes) is 4. The second-order valence-corrected chi connectivity index (χ2v) is 23.8. The third kappa shape index (κ3) is 12.4. The van der Waals surface area contributed by atoms with Gasteiger partial charge in [0.05, 0.1) is 18.2 Å². The van der Waals surface area contributed by atoms with Crippen LogP contribution in [0, 0.1) is 5.41 Å². The lowest BCUT2D eigenvalue weighted by Gasteiger charge is -2.28. The highest BCUT2D eigenvalue weighted by Crippen LogP contribution is 2.57. The van der Waals surface area contributed by atoms with Gasteiger partial charge in [0.1, 0.15) is 65.0 Å². The first-order valence-corrected chi connectivity index (χ1v) is 26.7. The Kier molecular flexibility index (Phi) is 18.2. The molecule has 63 heavy (non-hydrogen) atoms. The third-order valence-corrected chi connectivity index (χ3v) is 21.0. The summed E-state index contributed by atoms with van der Waals surface area (Å²) >= 11 is 4.18. The van der Waals surface area contributed by atoms with Gasteiger partial charge < -0.3 is 14.8 Å². The molecule has 6 aromatic rings. The van der Waals surface area contributed by atoms with Gasteiger partial charge in [0.2, 0.25) is 5.91 Å². The van der Waals surface area contributed by atoms with Crippen LogP contribution in [0.15, 0.2) is 182 Å². The smallest absolute Gasteiger partial charge is 0.305 e. The van der Waals surface area contributed by atoms with Crippen LogP contribution in [0.25, 0.3) is 0 Å². The highest BCUT2D eigenvalue weighted by molar-refractivity contribution is 7.96. The molecule has 0 aliphatic rings. The van der Waals surface area contributed by atoms with E-state index in [0.29, 0.717) is 12.8 Å². The average Bonchev–Trinajstić information content (AvgIpc) is 3.34. The van der Waals surface area contributed by atoms with E-state index in [1.807, 2.05) is 0 Å². The molecule has 0 saturated carbocycles. The summed E-state index contributed by atoms with van der Waals surface area (Å²) in [6, 6.07) is 64.8. The quantitative estimate of drug-likeness (QED) is 0.0208. The molecule has 0 unspecified atom stereocenters. The predicted octanol–water partition coefficient (Wildman–Crippen LogP) is 9.19. The Hall–Kier alpha value is -5.06. The summed E-state index contributed by atoms with van der Waals surface area (Å²) in [5.41, 5.74) is -1.26. The number of thiol groups is 1. The first-order chi connectivity index (χ1) is 30.8. The van der Waals surface area contributed by atoms with E-state index in [-0.39, 0.29) is 49.8 Å². The highest BCUT2D eigenvalue weighted by atomic mass is 32.1. The van der Waals surface area contributed by atoms with Gasteiger partial charge in [-0.05, 0) is 118 Å². The zero-order valence-corrected chi connectivity index (χ0v) is 39.1. The Morgan fingerprint density at radius 3 is 0.968 bits per heavy atom. The zero-order chi connectivity index (χ0) is 44.2. The fourth-order valence-corrected chi connectivity index (χ4v) is 17.4. The van der Waals surface area contributed by atoms with Crippen LogP contribution in [0.5, 0.6) is 0 Å². The van der Waals surface area contributed by atoms with E-state index >= 15 is 0 Å². The summed E-state index contributed by atoms with van der Waals surface area (Å²) in [5.74, 6) is -1.03. The number of hydrogen-bond acceptors (Lipinski definition) is 6. The first-order valence-electron chi connectivity index (χ1n) is 22.1. The van der Waals surface area contributed by atoms with E-state index in [0.717, 1.165) is 38.0 Å². The van der Waals surface area contributed by atoms with Crippen LogP contribution in [-0.2, 0) is 23.9 Å². The summed E-state index contributed by atoms with van der Waals surface area (Å²) in [5, 5.41) is 10.8. The van der Waals surface area contributed by atoms with Gasteiger partial charge in [-0.1, -0.05) is 109 Å². The SMILES string of the molecule is CC(COC(=O)CCCCC[P+](c1ccccc1)(c1ccccc1)c1ccccc1)(COC(=O)CCCCC[P+](c1ccccc1)(c1ccccc1)c1ccccc1)C(=O)NCS. The largest absolute Gasteiger partial charge is 0.464 e. The van der Waals surface area contributed by atoms with E-state index in [2.05, 4.69) is 200 Å². The number of rotatable bonds is 24. The molecule has 6 aromatic carbocycles. The van der Waals surface area contributed by atoms with Crippen LogP contribution in [-0.4, -0.2) is 49.3 Å². The molecule has 1 N–H and O–H groups in total. The Labute approximate surface area is 381 Å². The molecule has 1 amide bonds. The average molecular weight is 898 g/mol. The number of esters is 2. The van der Waals surface area contributed by atoms with Crippen LogP contribution < -0.4 is 37.1 Å². The normalized spacial score (nSPS) is 11.7. The summed E-state index contributed by atoms with van der Waals surface area (Å²) in [4.78, 5) is 39.5. The van der Waals surface area contributed by atoms with Crippen molar-refractivity contribution in [2.24, 2.45) is 5.41 Å². The van der Waals surface area contributed by atoms with Crippen molar-refractivity contribution in [2.75, 3.05) is 31.4 Å². The summed E-state index contributed by atoms with van der Waals surface area (Å²) in [6.07, 6.45) is 7.33. The zero-order valence-electron chi connectivity index (χ0n) is 36.4. The predicted molar refractivity (Wildman–Crippen MR) is 269 cm³/mol. The summed E-state index contributed by atoms with van der Waals surface area (Å²) in [6.45, 7) is 1.26. The van der Waals surface area contributed by atoms with Crippen LogP contribution in [0.4, 0.5) is 0 Å². The maximum Gasteiger partial charge on any atom is 0.305 e. The molecule has 9 heteroatoms. The molecule has 0 aliphatic carbocycles. The number of carbonyl (C=O) groups excluding carboxylic acids is 3. The second kappa shape index (κ2) is 24.1. The standard InChI is InChI=1S/C54H59NO5P2S/c1-54(53(58)55-44-63,42-59-51(56)38-22-8-24-40-61(45-26-10-2-11-27-45,46-28-12-3-13-29-46)47-30-14-4-15-31-47)43-60-52(57)39-23-9-25-41-62(48-32-16-5-17-33-48,49-34-18-6-19-35-49)50-36-20-7-21-37-50/h2-7,10-21,26-37H,8-9,22-25,38-44H2,1H3/p+2. The molecule has 0 fully saturated rings. The molecule has 0 aromatic heterocycles. The van der Waals surface area contributed by atoms with Gasteiger partial charge in [-0.15, -0.1) is 0 Å². The van der Waals surface area contributed by atoms with E-state index < -0.39 is 19.9 Å². The van der Waals surface area contributed by atoms with Gasteiger partial charge in [0.25, 0.3) is 0 Å². The molecule has 6 nitrogen and oxygen atoms in total. The topological polar surface area (TPSA) is 81.7 Å². The van der Waals surface area contributed by atoms with Crippen molar-refractivity contribution in [3.63, 3.8) is 0 Å². The molecule has 0 atom stereocenters. The molecular formula is C54H61NO5P2S+2. The maximum atomic E-state index is 13.2. The Morgan fingerprint density at radius 2 is 0.714 bits per heavy atom. The van der Waals surface area contributed by atoms with Crippen molar-refractivity contribution in [3.05, 3.63) is 182 Å². The minimum absolute atomic E-state index is 0.106. The molecule has 0 aliphatic heterocycles. The first kappa shape index (κ1) is 47.4. The van der Waals surface area contributed by atoms with Crippen molar-refractivity contribution >= 4 is 76.8 Å². The second-order valence-electron chi connectivity index (χ2n) is 16.2. The number of amides is 1. The van der Waals surface area contributed by atoms with Crippen molar-refractivity contribution < 1.29 is 23.9 Å². The van der Waals surface area contributed by atoms with Gasteiger partial charge in [0, 0.05) is 12.8 Å². The molecule has 0 heterocycles. The molecule has 0 radical (unpaired) electrons. The number of hydrogen-bond donors (Lipinski definition) is 2.